The van der Waals surface area contributed by atoms with E-state index in [0.29, 0.717) is 0 Å². The zero-order valence-corrected chi connectivity index (χ0v) is 10.6. The number of nitrogens with one attached hydrogen (secondary N) is 1. The summed E-state index contributed by atoms with van der Waals surface area (Å²) in [5.41, 5.74) is 0. The first kappa shape index (κ1) is 14.0. The van der Waals surface area contributed by atoms with E-state index in [1.54, 1.807) is 0 Å². The van der Waals surface area contributed by atoms with E-state index in [0.717, 1.165) is 12.0 Å². The van der Waals surface area contributed by atoms with E-state index in [2.05, 4.69) is 33.0 Å². The minimum absolute atomic E-state index is 0.768. The lowest BCUT2D eigenvalue weighted by Gasteiger charge is -2.26. The third kappa shape index (κ3) is 5.64. The quantitative estimate of drug-likeness (QED) is 0.592. The molecule has 0 heterocycles. The van der Waals surface area contributed by atoms with E-state index >= 15 is 0 Å². The van der Waals surface area contributed by atoms with Crippen molar-refractivity contribution < 1.29 is 0 Å². The maximum atomic E-state index is 3.71. The van der Waals surface area contributed by atoms with Crippen molar-refractivity contribution in [2.45, 2.75) is 72.3 Å². The van der Waals surface area contributed by atoms with E-state index < -0.39 is 0 Å². The molecule has 86 valence electrons. The van der Waals surface area contributed by atoms with Gasteiger partial charge in [0.15, 0.2) is 0 Å². The highest BCUT2D eigenvalue weighted by Gasteiger charge is 2.16. The van der Waals surface area contributed by atoms with Crippen molar-refractivity contribution in [1.82, 2.24) is 5.32 Å². The summed E-state index contributed by atoms with van der Waals surface area (Å²) in [6, 6.07) is 0.768. The van der Waals surface area contributed by atoms with Crippen LogP contribution in [0.25, 0.3) is 0 Å². The lowest BCUT2D eigenvalue weighted by molar-refractivity contribution is 0.312. The van der Waals surface area contributed by atoms with E-state index in [1.807, 2.05) is 0 Å². The zero-order chi connectivity index (χ0) is 10.8. The summed E-state index contributed by atoms with van der Waals surface area (Å²) in [6.45, 7) is 10.4. The minimum atomic E-state index is 0.768. The predicted octanol–water partition coefficient (Wildman–Crippen LogP) is 3.98. The van der Waals surface area contributed by atoms with Gasteiger partial charge in [-0.1, -0.05) is 53.4 Å². The molecule has 0 aromatic carbocycles. The Balaban J connectivity index is 3.92. The summed E-state index contributed by atoms with van der Waals surface area (Å²) in [4.78, 5) is 0. The molecule has 0 saturated heterocycles. The second-order valence-electron chi connectivity index (χ2n) is 4.28. The molecular weight excluding hydrogens is 170 g/mol. The molecule has 0 amide bonds. The fraction of sp³-hybridized carbons (Fsp3) is 1.00. The summed E-state index contributed by atoms with van der Waals surface area (Å²) in [5.74, 6) is 0.882. The van der Waals surface area contributed by atoms with E-state index in [1.165, 1.54) is 45.1 Å². The van der Waals surface area contributed by atoms with Crippen molar-refractivity contribution in [3.63, 3.8) is 0 Å². The molecule has 0 spiro atoms. The zero-order valence-electron chi connectivity index (χ0n) is 10.6. The molecule has 0 radical (unpaired) electrons. The summed E-state index contributed by atoms with van der Waals surface area (Å²) in [5, 5.41) is 3.71. The second-order valence-corrected chi connectivity index (χ2v) is 4.28. The molecule has 0 rings (SSSR count). The van der Waals surface area contributed by atoms with E-state index in [4.69, 9.17) is 0 Å². The normalized spacial score (nSPS) is 13.5. The average Bonchev–Trinajstić information content (AvgIpc) is 2.22. The highest BCUT2D eigenvalue weighted by Crippen LogP contribution is 2.17. The van der Waals surface area contributed by atoms with Crippen molar-refractivity contribution in [2.75, 3.05) is 6.54 Å². The van der Waals surface area contributed by atoms with Gasteiger partial charge in [-0.15, -0.1) is 0 Å². The highest BCUT2D eigenvalue weighted by molar-refractivity contribution is 4.74. The lowest BCUT2D eigenvalue weighted by Crippen LogP contribution is -2.36. The van der Waals surface area contributed by atoms with Crippen LogP contribution in [0, 0.1) is 5.92 Å². The Morgan fingerprint density at radius 1 is 0.929 bits per heavy atom. The van der Waals surface area contributed by atoms with Gasteiger partial charge >= 0.3 is 0 Å². The van der Waals surface area contributed by atoms with Crippen LogP contribution in [-0.4, -0.2) is 12.6 Å². The van der Waals surface area contributed by atoms with Crippen LogP contribution in [0.4, 0.5) is 0 Å². The molecule has 1 N–H and O–H groups in total. The fourth-order valence-corrected chi connectivity index (χ4v) is 2.12. The van der Waals surface area contributed by atoms with Gasteiger partial charge in [-0.25, -0.2) is 0 Å². The van der Waals surface area contributed by atoms with Gasteiger partial charge in [0.05, 0.1) is 0 Å². The minimum Gasteiger partial charge on any atom is -0.314 e. The molecule has 0 aliphatic carbocycles. The first-order valence-corrected chi connectivity index (χ1v) is 6.53. The third-order valence-electron chi connectivity index (χ3n) is 3.14. The van der Waals surface area contributed by atoms with Gasteiger partial charge in [-0.2, -0.15) is 0 Å². The average molecular weight is 199 g/mol. The number of unbranched alkanes of at least 4 members (excludes halogenated alkanes) is 1. The first-order chi connectivity index (χ1) is 6.79. The van der Waals surface area contributed by atoms with Crippen LogP contribution in [0.1, 0.15) is 66.2 Å². The molecule has 1 nitrogen and oxygen atoms in total. The van der Waals surface area contributed by atoms with Crippen molar-refractivity contribution in [1.29, 1.82) is 0 Å². The van der Waals surface area contributed by atoms with Gasteiger partial charge in [-0.3, -0.25) is 0 Å². The van der Waals surface area contributed by atoms with Crippen LogP contribution in [0.5, 0.6) is 0 Å². The smallest absolute Gasteiger partial charge is 0.00951 e. The Hall–Kier alpha value is -0.0400. The first-order valence-electron chi connectivity index (χ1n) is 6.53. The lowest BCUT2D eigenvalue weighted by atomic mass is 9.90. The maximum Gasteiger partial charge on any atom is 0.00951 e. The van der Waals surface area contributed by atoms with Crippen molar-refractivity contribution in [3.05, 3.63) is 0 Å². The molecule has 0 aromatic rings. The molecule has 0 bridgehead atoms. The maximum absolute atomic E-state index is 3.71. The largest absolute Gasteiger partial charge is 0.314 e. The van der Waals surface area contributed by atoms with Gasteiger partial charge in [0.1, 0.15) is 0 Å². The Morgan fingerprint density at radius 3 is 2.00 bits per heavy atom. The summed E-state index contributed by atoms with van der Waals surface area (Å²) >= 11 is 0. The van der Waals surface area contributed by atoms with Crippen LogP contribution in [0.15, 0.2) is 0 Å². The molecule has 0 aliphatic heterocycles. The van der Waals surface area contributed by atoms with Crippen molar-refractivity contribution in [3.8, 4) is 0 Å². The summed E-state index contributed by atoms with van der Waals surface area (Å²) in [6.07, 6.45) is 7.96. The van der Waals surface area contributed by atoms with Gasteiger partial charge in [-0.05, 0) is 25.3 Å². The Morgan fingerprint density at radius 2 is 1.57 bits per heavy atom. The van der Waals surface area contributed by atoms with Crippen molar-refractivity contribution >= 4 is 0 Å². The van der Waals surface area contributed by atoms with Crippen LogP contribution >= 0.6 is 0 Å². The molecule has 0 aliphatic rings. The number of rotatable bonds is 9. The Kier molecular flexibility index (Phi) is 9.49. The van der Waals surface area contributed by atoms with Crippen LogP contribution in [0.3, 0.4) is 0 Å². The van der Waals surface area contributed by atoms with Gasteiger partial charge in [0.25, 0.3) is 0 Å². The molecule has 0 saturated carbocycles. The molecule has 14 heavy (non-hydrogen) atoms. The summed E-state index contributed by atoms with van der Waals surface area (Å²) < 4.78 is 0. The molecule has 1 unspecified atom stereocenters. The monoisotopic (exact) mass is 199 g/mol. The molecule has 0 aromatic heterocycles. The molecule has 1 atom stereocenters. The Labute approximate surface area is 90.7 Å². The summed E-state index contributed by atoms with van der Waals surface area (Å²) in [7, 11) is 0. The third-order valence-corrected chi connectivity index (χ3v) is 3.14. The Bertz CT molecular complexity index is 99.8. The number of hydrogen-bond acceptors (Lipinski definition) is 1. The fourth-order valence-electron chi connectivity index (χ4n) is 2.12. The topological polar surface area (TPSA) is 12.0 Å². The predicted molar refractivity (Wildman–Crippen MR) is 65.7 cm³/mol. The van der Waals surface area contributed by atoms with Crippen LogP contribution in [0.2, 0.25) is 0 Å². The highest BCUT2D eigenvalue weighted by atomic mass is 14.9. The molecular formula is C13H29N. The van der Waals surface area contributed by atoms with Gasteiger partial charge in [0.2, 0.25) is 0 Å². The van der Waals surface area contributed by atoms with Crippen LogP contribution < -0.4 is 5.32 Å². The van der Waals surface area contributed by atoms with Gasteiger partial charge < -0.3 is 5.32 Å². The standard InChI is InChI=1S/C13H29N/c1-5-9-10-13(14-11-6-2)12(7-3)8-4/h12-14H,5-11H2,1-4H3. The SMILES string of the molecule is CCCCC(NCCC)C(CC)CC. The van der Waals surface area contributed by atoms with E-state index in [-0.39, 0.29) is 0 Å². The van der Waals surface area contributed by atoms with Crippen molar-refractivity contribution in [2.24, 2.45) is 5.92 Å². The van der Waals surface area contributed by atoms with Crippen LogP contribution in [-0.2, 0) is 0 Å². The van der Waals surface area contributed by atoms with E-state index in [9.17, 15) is 0 Å². The second kappa shape index (κ2) is 9.51. The molecule has 0 fully saturated rings. The molecule has 1 heteroatoms. The van der Waals surface area contributed by atoms with Gasteiger partial charge in [0, 0.05) is 6.04 Å². The number of hydrogen-bond donors (Lipinski definition) is 1.